The van der Waals surface area contributed by atoms with Gasteiger partial charge in [0.05, 0.1) is 0 Å². The topological polar surface area (TPSA) is 66.4 Å². The highest BCUT2D eigenvalue weighted by atomic mass is 19.4. The molecule has 1 saturated carbocycles. The van der Waals surface area contributed by atoms with Crippen LogP contribution in [0.3, 0.4) is 0 Å². The SMILES string of the molecule is CC(CC1CCCCC1)(NC(=O)C(F)(F)F)C(=O)O. The highest BCUT2D eigenvalue weighted by Crippen LogP contribution is 2.31. The van der Waals surface area contributed by atoms with Gasteiger partial charge in [-0.05, 0) is 19.3 Å². The van der Waals surface area contributed by atoms with E-state index in [2.05, 4.69) is 0 Å². The van der Waals surface area contributed by atoms with Gasteiger partial charge in [-0.3, -0.25) is 4.79 Å². The number of carboxylic acids is 1. The van der Waals surface area contributed by atoms with Crippen molar-refractivity contribution in [3.05, 3.63) is 0 Å². The van der Waals surface area contributed by atoms with E-state index in [0.29, 0.717) is 0 Å². The summed E-state index contributed by atoms with van der Waals surface area (Å²) in [5.41, 5.74) is -1.87. The van der Waals surface area contributed by atoms with Crippen LogP contribution in [0, 0.1) is 5.92 Å². The van der Waals surface area contributed by atoms with Gasteiger partial charge in [-0.2, -0.15) is 13.2 Å². The molecule has 7 heteroatoms. The van der Waals surface area contributed by atoms with Crippen LogP contribution in [0.4, 0.5) is 13.2 Å². The van der Waals surface area contributed by atoms with E-state index in [1.165, 1.54) is 0 Å². The molecule has 0 radical (unpaired) electrons. The normalized spacial score (nSPS) is 20.6. The number of carboxylic acid groups (broad SMARTS) is 1. The number of carbonyl (C=O) groups excluding carboxylic acids is 1. The van der Waals surface area contributed by atoms with Crippen LogP contribution >= 0.6 is 0 Å². The zero-order chi connectivity index (χ0) is 14.7. The molecule has 1 aliphatic rings. The predicted molar refractivity (Wildman–Crippen MR) is 61.4 cm³/mol. The van der Waals surface area contributed by atoms with Crippen molar-refractivity contribution < 1.29 is 27.9 Å². The molecule has 1 amide bonds. The molecule has 1 unspecified atom stereocenters. The monoisotopic (exact) mass is 281 g/mol. The molecule has 0 saturated heterocycles. The average Bonchev–Trinajstić information content (AvgIpc) is 2.28. The lowest BCUT2D eigenvalue weighted by Gasteiger charge is -2.32. The molecule has 0 heterocycles. The van der Waals surface area contributed by atoms with Gasteiger partial charge in [0.25, 0.3) is 0 Å². The van der Waals surface area contributed by atoms with Crippen LogP contribution in [0.2, 0.25) is 0 Å². The number of hydrogen-bond acceptors (Lipinski definition) is 2. The summed E-state index contributed by atoms with van der Waals surface area (Å²) in [4.78, 5) is 22.1. The van der Waals surface area contributed by atoms with Crippen molar-refractivity contribution in [1.82, 2.24) is 5.32 Å². The molecular weight excluding hydrogens is 263 g/mol. The summed E-state index contributed by atoms with van der Waals surface area (Å²) in [5.74, 6) is -3.59. The second kappa shape index (κ2) is 5.79. The van der Waals surface area contributed by atoms with E-state index in [0.717, 1.165) is 39.0 Å². The Hall–Kier alpha value is -1.27. The van der Waals surface area contributed by atoms with Gasteiger partial charge in [0.15, 0.2) is 0 Å². The predicted octanol–water partition coefficient (Wildman–Crippen LogP) is 2.48. The maximum atomic E-state index is 12.2. The first-order valence-corrected chi connectivity index (χ1v) is 6.28. The Balaban J connectivity index is 2.73. The minimum atomic E-state index is -5.07. The number of aliphatic carboxylic acids is 1. The fraction of sp³-hybridized carbons (Fsp3) is 0.833. The molecule has 0 aromatic rings. The molecule has 19 heavy (non-hydrogen) atoms. The van der Waals surface area contributed by atoms with Gasteiger partial charge in [-0.25, -0.2) is 4.79 Å². The van der Waals surface area contributed by atoms with E-state index >= 15 is 0 Å². The van der Waals surface area contributed by atoms with Crippen molar-refractivity contribution in [3.8, 4) is 0 Å². The molecule has 4 nitrogen and oxygen atoms in total. The zero-order valence-electron chi connectivity index (χ0n) is 10.7. The lowest BCUT2D eigenvalue weighted by molar-refractivity contribution is -0.177. The Bertz CT molecular complexity index is 351. The maximum absolute atomic E-state index is 12.2. The number of hydrogen-bond donors (Lipinski definition) is 2. The summed E-state index contributed by atoms with van der Waals surface area (Å²) in [6.45, 7) is 1.13. The molecule has 0 bridgehead atoms. The second-order valence-electron chi connectivity index (χ2n) is 5.30. The first-order valence-electron chi connectivity index (χ1n) is 6.28. The summed E-state index contributed by atoms with van der Waals surface area (Å²) in [6, 6.07) is 0. The molecule has 1 rings (SSSR count). The standard InChI is InChI=1S/C12H18F3NO3/c1-11(10(18)19,16-9(17)12(13,14)15)7-8-5-3-2-4-6-8/h8H,2-7H2,1H3,(H,16,17)(H,18,19). The Morgan fingerprint density at radius 3 is 2.16 bits per heavy atom. The Morgan fingerprint density at radius 2 is 1.74 bits per heavy atom. The Morgan fingerprint density at radius 1 is 1.21 bits per heavy atom. The lowest BCUT2D eigenvalue weighted by atomic mass is 9.80. The number of alkyl halides is 3. The molecule has 1 atom stereocenters. The van der Waals surface area contributed by atoms with Crippen molar-refractivity contribution in [1.29, 1.82) is 0 Å². The van der Waals surface area contributed by atoms with Crippen LogP contribution < -0.4 is 5.32 Å². The summed E-state index contributed by atoms with van der Waals surface area (Å²) in [7, 11) is 0. The molecule has 0 spiro atoms. The second-order valence-corrected chi connectivity index (χ2v) is 5.30. The summed E-state index contributed by atoms with van der Waals surface area (Å²) in [6.07, 6.45) is -0.473. The minimum Gasteiger partial charge on any atom is -0.480 e. The molecule has 0 aromatic heterocycles. The Kier molecular flexibility index (Phi) is 4.81. The van der Waals surface area contributed by atoms with Gasteiger partial charge in [-0.1, -0.05) is 32.1 Å². The Labute approximate surface area is 109 Å². The van der Waals surface area contributed by atoms with E-state index in [9.17, 15) is 22.8 Å². The van der Waals surface area contributed by atoms with Crippen LogP contribution in [0.15, 0.2) is 0 Å². The first-order chi connectivity index (χ1) is 8.65. The van der Waals surface area contributed by atoms with E-state index in [1.54, 1.807) is 5.32 Å². The molecule has 0 aromatic carbocycles. The summed E-state index contributed by atoms with van der Waals surface area (Å²) in [5, 5.41) is 10.7. The summed E-state index contributed by atoms with van der Waals surface area (Å²) < 4.78 is 36.6. The minimum absolute atomic E-state index is 0.0319. The van der Waals surface area contributed by atoms with E-state index in [4.69, 9.17) is 5.11 Å². The van der Waals surface area contributed by atoms with Crippen molar-refractivity contribution in [2.45, 2.75) is 57.2 Å². The zero-order valence-corrected chi connectivity index (χ0v) is 10.7. The highest BCUT2D eigenvalue weighted by molar-refractivity contribution is 5.89. The van der Waals surface area contributed by atoms with Gasteiger partial charge in [0, 0.05) is 0 Å². The van der Waals surface area contributed by atoms with Crippen LogP contribution in [-0.4, -0.2) is 28.7 Å². The lowest BCUT2D eigenvalue weighted by Crippen LogP contribution is -2.56. The molecule has 2 N–H and O–H groups in total. The average molecular weight is 281 g/mol. The number of rotatable bonds is 4. The van der Waals surface area contributed by atoms with Crippen LogP contribution in [0.1, 0.15) is 45.4 Å². The molecule has 1 aliphatic carbocycles. The smallest absolute Gasteiger partial charge is 0.471 e. The van der Waals surface area contributed by atoms with E-state index < -0.39 is 23.6 Å². The van der Waals surface area contributed by atoms with Crippen LogP contribution in [0.5, 0.6) is 0 Å². The van der Waals surface area contributed by atoms with Gasteiger partial charge < -0.3 is 10.4 Å². The number of amides is 1. The van der Waals surface area contributed by atoms with Gasteiger partial charge in [-0.15, -0.1) is 0 Å². The van der Waals surface area contributed by atoms with Gasteiger partial charge >= 0.3 is 18.1 Å². The summed E-state index contributed by atoms with van der Waals surface area (Å²) >= 11 is 0. The van der Waals surface area contributed by atoms with Crippen molar-refractivity contribution >= 4 is 11.9 Å². The van der Waals surface area contributed by atoms with Crippen molar-refractivity contribution in [2.75, 3.05) is 0 Å². The van der Waals surface area contributed by atoms with E-state index in [1.807, 2.05) is 0 Å². The quantitative estimate of drug-likeness (QED) is 0.832. The highest BCUT2D eigenvalue weighted by Gasteiger charge is 2.46. The number of nitrogens with one attached hydrogen (secondary N) is 1. The molecule has 0 aliphatic heterocycles. The number of halogens is 3. The fourth-order valence-corrected chi connectivity index (χ4v) is 2.48. The third kappa shape index (κ3) is 4.40. The number of carbonyl (C=O) groups is 2. The molecule has 1 fully saturated rings. The van der Waals surface area contributed by atoms with Crippen molar-refractivity contribution in [3.63, 3.8) is 0 Å². The third-order valence-corrected chi connectivity index (χ3v) is 3.54. The maximum Gasteiger partial charge on any atom is 0.471 e. The van der Waals surface area contributed by atoms with Gasteiger partial charge in [0.1, 0.15) is 5.54 Å². The first kappa shape index (κ1) is 15.8. The molecule has 110 valence electrons. The van der Waals surface area contributed by atoms with Gasteiger partial charge in [0.2, 0.25) is 0 Å². The fourth-order valence-electron chi connectivity index (χ4n) is 2.48. The van der Waals surface area contributed by atoms with Crippen LogP contribution in [-0.2, 0) is 9.59 Å². The third-order valence-electron chi connectivity index (χ3n) is 3.54. The molecular formula is C12H18F3NO3. The largest absolute Gasteiger partial charge is 0.480 e. The van der Waals surface area contributed by atoms with E-state index in [-0.39, 0.29) is 12.3 Å². The van der Waals surface area contributed by atoms with Crippen LogP contribution in [0.25, 0.3) is 0 Å². The van der Waals surface area contributed by atoms with Crippen molar-refractivity contribution in [2.24, 2.45) is 5.92 Å².